The van der Waals surface area contributed by atoms with Gasteiger partial charge in [-0.2, -0.15) is 0 Å². The highest BCUT2D eigenvalue weighted by Crippen LogP contribution is 2.32. The van der Waals surface area contributed by atoms with E-state index in [-0.39, 0.29) is 0 Å². The molecule has 114 valence electrons. The maximum Gasteiger partial charge on any atom is 0.336 e. The van der Waals surface area contributed by atoms with Crippen molar-refractivity contribution in [2.45, 2.75) is 11.4 Å². The number of thioether (sulfide) groups is 1. The molecule has 0 aliphatic heterocycles. The van der Waals surface area contributed by atoms with E-state index in [0.717, 1.165) is 21.7 Å². The van der Waals surface area contributed by atoms with Crippen molar-refractivity contribution < 1.29 is 9.90 Å². The Balaban J connectivity index is 1.90. The number of allylic oxidation sites excluding steroid dienone is 3. The van der Waals surface area contributed by atoms with Crippen molar-refractivity contribution in [3.8, 4) is 0 Å². The van der Waals surface area contributed by atoms with Crippen LogP contribution in [0.1, 0.15) is 12.0 Å². The van der Waals surface area contributed by atoms with E-state index in [9.17, 15) is 9.90 Å². The number of hydrogen-bond acceptors (Lipinski definition) is 3. The molecule has 1 aliphatic rings. The van der Waals surface area contributed by atoms with E-state index in [2.05, 4.69) is 4.98 Å². The van der Waals surface area contributed by atoms with Crippen LogP contribution in [0.25, 0.3) is 5.57 Å². The highest BCUT2D eigenvalue weighted by atomic mass is 32.2. The maximum atomic E-state index is 11.5. The van der Waals surface area contributed by atoms with Crippen LogP contribution in [0.15, 0.2) is 88.5 Å². The molecular formula is C19H15NO2S. The molecule has 4 heteroatoms. The third-order valence-corrected chi connectivity index (χ3v) is 4.35. The van der Waals surface area contributed by atoms with Crippen LogP contribution in [0.2, 0.25) is 0 Å². The molecule has 3 rings (SSSR count). The van der Waals surface area contributed by atoms with Gasteiger partial charge in [-0.25, -0.2) is 9.78 Å². The number of rotatable bonds is 4. The first-order valence-electron chi connectivity index (χ1n) is 7.22. The molecule has 1 heterocycles. The zero-order chi connectivity index (χ0) is 16.1. The van der Waals surface area contributed by atoms with Gasteiger partial charge in [0.2, 0.25) is 0 Å². The van der Waals surface area contributed by atoms with E-state index in [0.29, 0.717) is 12.0 Å². The molecule has 0 bridgehead atoms. The number of hydrogen-bond donors (Lipinski definition) is 1. The van der Waals surface area contributed by atoms with Gasteiger partial charge in [-0.3, -0.25) is 0 Å². The van der Waals surface area contributed by atoms with E-state index in [1.165, 1.54) is 11.8 Å². The molecule has 1 N–H and O–H groups in total. The molecule has 3 nitrogen and oxygen atoms in total. The second kappa shape index (κ2) is 7.11. The van der Waals surface area contributed by atoms with Crippen LogP contribution in [0.3, 0.4) is 0 Å². The lowest BCUT2D eigenvalue weighted by Crippen LogP contribution is -2.06. The topological polar surface area (TPSA) is 50.2 Å². The smallest absolute Gasteiger partial charge is 0.336 e. The Kier molecular flexibility index (Phi) is 4.74. The van der Waals surface area contributed by atoms with Crippen molar-refractivity contribution in [1.29, 1.82) is 0 Å². The number of benzene rings is 1. The monoisotopic (exact) mass is 321 g/mol. The molecule has 0 spiro atoms. The van der Waals surface area contributed by atoms with Gasteiger partial charge in [0.15, 0.2) is 0 Å². The largest absolute Gasteiger partial charge is 0.478 e. The number of aromatic nitrogens is 1. The molecule has 1 aromatic carbocycles. The maximum absolute atomic E-state index is 11.5. The number of carboxylic acid groups (broad SMARTS) is 1. The summed E-state index contributed by atoms with van der Waals surface area (Å²) in [6.45, 7) is 0. The van der Waals surface area contributed by atoms with Crippen LogP contribution >= 0.6 is 11.8 Å². The average molecular weight is 321 g/mol. The number of carboxylic acids is 1. The molecule has 2 aromatic rings. The zero-order valence-corrected chi connectivity index (χ0v) is 13.2. The molecule has 0 saturated carbocycles. The molecule has 0 fully saturated rings. The third-order valence-electron chi connectivity index (χ3n) is 3.45. The van der Waals surface area contributed by atoms with Gasteiger partial charge in [0.25, 0.3) is 0 Å². The molecular weight excluding hydrogens is 306 g/mol. The summed E-state index contributed by atoms with van der Waals surface area (Å²) in [5, 5.41) is 12.4. The normalized spacial score (nSPS) is 15.9. The van der Waals surface area contributed by atoms with E-state index >= 15 is 0 Å². The molecule has 0 atom stereocenters. The van der Waals surface area contributed by atoms with Gasteiger partial charge in [-0.15, -0.1) is 0 Å². The predicted octanol–water partition coefficient (Wildman–Crippen LogP) is 4.56. The molecule has 0 radical (unpaired) electrons. The summed E-state index contributed by atoms with van der Waals surface area (Å²) in [6, 6.07) is 15.4. The van der Waals surface area contributed by atoms with Crippen LogP contribution in [0.5, 0.6) is 0 Å². The van der Waals surface area contributed by atoms with Gasteiger partial charge in [0.1, 0.15) is 5.03 Å². The number of pyridine rings is 1. The molecule has 1 aromatic heterocycles. The summed E-state index contributed by atoms with van der Waals surface area (Å²) in [5.74, 6) is -0.892. The van der Waals surface area contributed by atoms with Crippen LogP contribution in [0, 0.1) is 0 Å². The molecule has 1 aliphatic carbocycles. The van der Waals surface area contributed by atoms with Crippen molar-refractivity contribution in [2.24, 2.45) is 0 Å². The van der Waals surface area contributed by atoms with Crippen molar-refractivity contribution >= 4 is 23.3 Å². The highest BCUT2D eigenvalue weighted by molar-refractivity contribution is 8.02. The summed E-state index contributed by atoms with van der Waals surface area (Å²) in [5.41, 5.74) is 3.09. The average Bonchev–Trinajstić information content (AvgIpc) is 2.61. The fourth-order valence-electron chi connectivity index (χ4n) is 2.35. The standard InChI is InChI=1S/C19H15NO2S/c21-19(22)16-10-9-14(13-23-18-8-4-5-11-20-18)12-17(16)15-6-2-1-3-7-15/h1-8,10-13H,9H2,(H,21,22). The minimum Gasteiger partial charge on any atom is -0.478 e. The van der Waals surface area contributed by atoms with E-state index < -0.39 is 5.97 Å². The first kappa shape index (κ1) is 15.3. The summed E-state index contributed by atoms with van der Waals surface area (Å²) in [7, 11) is 0. The lowest BCUT2D eigenvalue weighted by atomic mass is 9.90. The first-order chi connectivity index (χ1) is 11.2. The first-order valence-corrected chi connectivity index (χ1v) is 8.09. The van der Waals surface area contributed by atoms with E-state index in [1.54, 1.807) is 12.3 Å². The Labute approximate surface area is 139 Å². The number of carbonyl (C=O) groups is 1. The van der Waals surface area contributed by atoms with Gasteiger partial charge < -0.3 is 5.11 Å². The summed E-state index contributed by atoms with van der Waals surface area (Å²) in [6.07, 6.45) is 6.09. The van der Waals surface area contributed by atoms with Gasteiger partial charge in [0.05, 0.1) is 5.57 Å². The summed E-state index contributed by atoms with van der Waals surface area (Å²) in [4.78, 5) is 15.8. The van der Waals surface area contributed by atoms with Crippen LogP contribution in [-0.2, 0) is 4.79 Å². The highest BCUT2D eigenvalue weighted by Gasteiger charge is 2.18. The Bertz CT molecular complexity index is 793. The van der Waals surface area contributed by atoms with Crippen molar-refractivity contribution in [1.82, 2.24) is 4.98 Å². The second-order valence-corrected chi connectivity index (χ2v) is 5.92. The zero-order valence-electron chi connectivity index (χ0n) is 12.3. The van der Waals surface area contributed by atoms with Crippen LogP contribution < -0.4 is 0 Å². The van der Waals surface area contributed by atoms with Crippen molar-refractivity contribution in [3.05, 3.63) is 89.0 Å². The lowest BCUT2D eigenvalue weighted by Gasteiger charge is -2.15. The Morgan fingerprint density at radius 3 is 2.61 bits per heavy atom. The molecule has 23 heavy (non-hydrogen) atoms. The SMILES string of the molecule is O=C(O)C1=CCC(=CSc2ccccn2)C=C1c1ccccc1. The minimum atomic E-state index is -0.892. The van der Waals surface area contributed by atoms with Crippen molar-refractivity contribution in [3.63, 3.8) is 0 Å². The molecule has 0 amide bonds. The quantitative estimate of drug-likeness (QED) is 0.839. The fourth-order valence-corrected chi connectivity index (χ4v) is 3.06. The fraction of sp³-hybridized carbons (Fsp3) is 0.0526. The predicted molar refractivity (Wildman–Crippen MR) is 92.9 cm³/mol. The van der Waals surface area contributed by atoms with Crippen molar-refractivity contribution in [2.75, 3.05) is 0 Å². The van der Waals surface area contributed by atoms with Crippen LogP contribution in [0.4, 0.5) is 0 Å². The number of aliphatic carboxylic acids is 1. The molecule has 0 saturated heterocycles. The van der Waals surface area contributed by atoms with E-state index in [1.807, 2.05) is 60.0 Å². The summed E-state index contributed by atoms with van der Waals surface area (Å²) < 4.78 is 0. The Morgan fingerprint density at radius 1 is 1.13 bits per heavy atom. The lowest BCUT2D eigenvalue weighted by molar-refractivity contribution is -0.132. The van der Waals surface area contributed by atoms with Gasteiger partial charge in [-0.1, -0.05) is 54.2 Å². The molecule has 0 unspecified atom stereocenters. The minimum absolute atomic E-state index is 0.358. The van der Waals surface area contributed by atoms with Gasteiger partial charge >= 0.3 is 5.97 Å². The van der Waals surface area contributed by atoms with Gasteiger partial charge in [-0.05, 0) is 46.7 Å². The Hall–Kier alpha value is -2.59. The second-order valence-electron chi connectivity index (χ2n) is 5.03. The summed E-state index contributed by atoms with van der Waals surface area (Å²) >= 11 is 1.54. The number of nitrogens with zero attached hydrogens (tertiary/aromatic N) is 1. The Morgan fingerprint density at radius 2 is 1.91 bits per heavy atom. The van der Waals surface area contributed by atoms with E-state index in [4.69, 9.17) is 0 Å². The third kappa shape index (κ3) is 3.79. The van der Waals surface area contributed by atoms with Crippen LogP contribution in [-0.4, -0.2) is 16.1 Å². The van der Waals surface area contributed by atoms with Gasteiger partial charge in [0, 0.05) is 6.20 Å².